The summed E-state index contributed by atoms with van der Waals surface area (Å²) in [6, 6.07) is 2.99. The summed E-state index contributed by atoms with van der Waals surface area (Å²) in [5.41, 5.74) is 2.71. The predicted octanol–water partition coefficient (Wildman–Crippen LogP) is 1.84. The average Bonchev–Trinajstić information content (AvgIpc) is 2.65. The smallest absolute Gasteiger partial charge is 0.255 e. The number of nitrogens with zero attached hydrogens (tertiary/aromatic N) is 4. The topological polar surface area (TPSA) is 74.2 Å². The molecule has 2 aliphatic rings. The molecule has 0 radical (unpaired) electrons. The average molecular weight is 341 g/mol. The lowest BCUT2D eigenvalue weighted by molar-refractivity contribution is 0.235. The maximum Gasteiger partial charge on any atom is 0.255 e. The van der Waals surface area contributed by atoms with Crippen LogP contribution in [0.4, 0.5) is 4.39 Å². The summed E-state index contributed by atoms with van der Waals surface area (Å²) < 4.78 is 13.8. The summed E-state index contributed by atoms with van der Waals surface area (Å²) in [5.74, 6) is 0.304. The second-order valence-corrected chi connectivity index (χ2v) is 6.52. The van der Waals surface area contributed by atoms with Crippen molar-refractivity contribution in [3.05, 3.63) is 57.3 Å². The van der Waals surface area contributed by atoms with Crippen LogP contribution in [0.15, 0.2) is 28.1 Å². The Balaban J connectivity index is 1.56. The molecule has 2 aromatic rings. The van der Waals surface area contributed by atoms with Crippen LogP contribution in [-0.4, -0.2) is 38.7 Å². The Morgan fingerprint density at radius 2 is 2.20 bits per heavy atom. The standard InChI is InChI=1S/C18H20FN5O/c19-13-4-3-8-21-16(13)11-24-9-6-14-12(10-24)18(25)23-17(22-14)15-5-1-2-7-20-15/h3-4,8H,1-2,5-7,9-11H2,(H,22,23,25). The summed E-state index contributed by atoms with van der Waals surface area (Å²) >= 11 is 0. The predicted molar refractivity (Wildman–Crippen MR) is 92.1 cm³/mol. The molecule has 0 unspecified atom stereocenters. The van der Waals surface area contributed by atoms with E-state index in [-0.39, 0.29) is 11.4 Å². The van der Waals surface area contributed by atoms with Crippen molar-refractivity contribution in [2.24, 2.45) is 4.99 Å². The second-order valence-electron chi connectivity index (χ2n) is 6.52. The van der Waals surface area contributed by atoms with Crippen LogP contribution in [0.3, 0.4) is 0 Å². The van der Waals surface area contributed by atoms with Crippen molar-refractivity contribution in [3.63, 3.8) is 0 Å². The molecule has 25 heavy (non-hydrogen) atoms. The summed E-state index contributed by atoms with van der Waals surface area (Å²) in [7, 11) is 0. The molecule has 7 heteroatoms. The molecule has 0 saturated heterocycles. The molecular formula is C18H20FN5O. The van der Waals surface area contributed by atoms with Crippen LogP contribution in [0.25, 0.3) is 0 Å². The van der Waals surface area contributed by atoms with Gasteiger partial charge in [-0.3, -0.25) is 19.7 Å². The normalized spacial score (nSPS) is 17.9. The number of nitrogens with one attached hydrogen (secondary N) is 1. The molecule has 0 fully saturated rings. The van der Waals surface area contributed by atoms with E-state index in [2.05, 4.69) is 19.9 Å². The van der Waals surface area contributed by atoms with Crippen LogP contribution >= 0.6 is 0 Å². The molecule has 0 aliphatic carbocycles. The first-order valence-electron chi connectivity index (χ1n) is 8.68. The number of H-pyrrole nitrogens is 1. The van der Waals surface area contributed by atoms with E-state index in [4.69, 9.17) is 0 Å². The van der Waals surface area contributed by atoms with E-state index >= 15 is 0 Å². The zero-order valence-corrected chi connectivity index (χ0v) is 14.0. The van der Waals surface area contributed by atoms with E-state index in [1.807, 2.05) is 4.90 Å². The van der Waals surface area contributed by atoms with Gasteiger partial charge < -0.3 is 4.98 Å². The molecule has 1 N–H and O–H groups in total. The van der Waals surface area contributed by atoms with Crippen LogP contribution < -0.4 is 5.56 Å². The highest BCUT2D eigenvalue weighted by atomic mass is 19.1. The molecule has 6 nitrogen and oxygen atoms in total. The van der Waals surface area contributed by atoms with Crippen LogP contribution in [-0.2, 0) is 19.5 Å². The van der Waals surface area contributed by atoms with Gasteiger partial charge in [0.25, 0.3) is 5.56 Å². The lowest BCUT2D eigenvalue weighted by atomic mass is 10.0. The highest BCUT2D eigenvalue weighted by molar-refractivity contribution is 5.97. The van der Waals surface area contributed by atoms with Gasteiger partial charge in [0.05, 0.1) is 22.7 Å². The Hall–Kier alpha value is -2.41. The quantitative estimate of drug-likeness (QED) is 0.924. The number of hydrogen-bond acceptors (Lipinski definition) is 5. The Morgan fingerprint density at radius 1 is 1.28 bits per heavy atom. The molecule has 2 aromatic heterocycles. The van der Waals surface area contributed by atoms with E-state index in [1.165, 1.54) is 6.07 Å². The van der Waals surface area contributed by atoms with Gasteiger partial charge in [0.15, 0.2) is 5.82 Å². The van der Waals surface area contributed by atoms with Crippen molar-refractivity contribution in [1.29, 1.82) is 0 Å². The van der Waals surface area contributed by atoms with Crippen LogP contribution in [0.1, 0.15) is 42.0 Å². The van der Waals surface area contributed by atoms with E-state index in [0.717, 1.165) is 43.8 Å². The van der Waals surface area contributed by atoms with Crippen LogP contribution in [0.5, 0.6) is 0 Å². The van der Waals surface area contributed by atoms with Crippen molar-refractivity contribution in [2.45, 2.75) is 38.8 Å². The largest absolute Gasteiger partial charge is 0.305 e. The zero-order chi connectivity index (χ0) is 17.2. The van der Waals surface area contributed by atoms with Crippen molar-refractivity contribution >= 4 is 5.71 Å². The van der Waals surface area contributed by atoms with Crippen molar-refractivity contribution in [3.8, 4) is 0 Å². The third-order valence-electron chi connectivity index (χ3n) is 4.75. The Morgan fingerprint density at radius 3 is 3.00 bits per heavy atom. The van der Waals surface area contributed by atoms with Gasteiger partial charge in [-0.15, -0.1) is 0 Å². The van der Waals surface area contributed by atoms with Gasteiger partial charge in [0, 0.05) is 38.8 Å². The molecule has 0 aromatic carbocycles. The molecule has 4 rings (SSSR count). The number of rotatable bonds is 3. The molecule has 2 aliphatic heterocycles. The molecule has 130 valence electrons. The highest BCUT2D eigenvalue weighted by Gasteiger charge is 2.23. The number of fused-ring (bicyclic) bond motifs is 1. The summed E-state index contributed by atoms with van der Waals surface area (Å²) in [6.07, 6.45) is 5.31. The Labute approximate surface area is 144 Å². The molecule has 0 amide bonds. The van der Waals surface area contributed by atoms with Gasteiger partial charge >= 0.3 is 0 Å². The minimum atomic E-state index is -0.314. The van der Waals surface area contributed by atoms with Crippen LogP contribution in [0.2, 0.25) is 0 Å². The number of halogens is 1. The van der Waals surface area contributed by atoms with Crippen molar-refractivity contribution < 1.29 is 4.39 Å². The van der Waals surface area contributed by atoms with Gasteiger partial charge in [-0.1, -0.05) is 0 Å². The fraction of sp³-hybridized carbons (Fsp3) is 0.444. The lowest BCUT2D eigenvalue weighted by Gasteiger charge is -2.27. The number of pyridine rings is 1. The fourth-order valence-electron chi connectivity index (χ4n) is 3.39. The monoisotopic (exact) mass is 341 g/mol. The molecule has 0 bridgehead atoms. The maximum absolute atomic E-state index is 13.8. The molecule has 0 atom stereocenters. The number of aromatic nitrogens is 3. The first-order chi connectivity index (χ1) is 12.2. The number of aromatic amines is 1. The molecule has 4 heterocycles. The SMILES string of the molecule is O=c1[nH]c(C2=NCCCC2)nc2c1CN(Cc1ncccc1F)CC2. The summed E-state index contributed by atoms with van der Waals surface area (Å²) in [6.45, 7) is 2.38. The van der Waals surface area contributed by atoms with E-state index in [1.54, 1.807) is 12.3 Å². The summed E-state index contributed by atoms with van der Waals surface area (Å²) in [5, 5.41) is 0. The third-order valence-corrected chi connectivity index (χ3v) is 4.75. The van der Waals surface area contributed by atoms with Gasteiger partial charge in [-0.25, -0.2) is 9.37 Å². The molecular weight excluding hydrogens is 321 g/mol. The highest BCUT2D eigenvalue weighted by Crippen LogP contribution is 2.18. The van der Waals surface area contributed by atoms with E-state index in [0.29, 0.717) is 36.6 Å². The minimum Gasteiger partial charge on any atom is -0.305 e. The molecule has 0 spiro atoms. The third kappa shape index (κ3) is 3.37. The maximum atomic E-state index is 13.8. The van der Waals surface area contributed by atoms with E-state index < -0.39 is 0 Å². The zero-order valence-electron chi connectivity index (χ0n) is 14.0. The van der Waals surface area contributed by atoms with Gasteiger partial charge in [0.2, 0.25) is 0 Å². The summed E-state index contributed by atoms with van der Waals surface area (Å²) in [4.78, 5) is 30.7. The first kappa shape index (κ1) is 16.1. The first-order valence-corrected chi connectivity index (χ1v) is 8.68. The Kier molecular flexibility index (Phi) is 4.40. The minimum absolute atomic E-state index is 0.112. The van der Waals surface area contributed by atoms with E-state index in [9.17, 15) is 9.18 Å². The second kappa shape index (κ2) is 6.84. The number of hydrogen-bond donors (Lipinski definition) is 1. The van der Waals surface area contributed by atoms with Gasteiger partial charge in [-0.05, 0) is 31.4 Å². The fourth-order valence-corrected chi connectivity index (χ4v) is 3.39. The van der Waals surface area contributed by atoms with Crippen LogP contribution in [0, 0.1) is 5.82 Å². The van der Waals surface area contributed by atoms with Crippen molar-refractivity contribution in [1.82, 2.24) is 19.9 Å². The number of aliphatic imine (C=N–C) groups is 1. The molecule has 0 saturated carbocycles. The van der Waals surface area contributed by atoms with Gasteiger partial charge in [0.1, 0.15) is 5.82 Å². The van der Waals surface area contributed by atoms with Gasteiger partial charge in [-0.2, -0.15) is 0 Å². The lowest BCUT2D eigenvalue weighted by Crippen LogP contribution is -2.36. The van der Waals surface area contributed by atoms with Crippen molar-refractivity contribution in [2.75, 3.05) is 13.1 Å². The Bertz CT molecular complexity index is 876.